The van der Waals surface area contributed by atoms with E-state index in [-0.39, 0.29) is 10.6 Å². The Kier molecular flexibility index (Phi) is 3.65. The van der Waals surface area contributed by atoms with Crippen LogP contribution in [0, 0.1) is 5.82 Å². The molecule has 0 unspecified atom stereocenters. The molecule has 0 radical (unpaired) electrons. The van der Waals surface area contributed by atoms with Crippen molar-refractivity contribution >= 4 is 34.2 Å². The number of rotatable bonds is 4. The number of aromatic nitrogens is 1. The highest BCUT2D eigenvalue weighted by Crippen LogP contribution is 2.15. The summed E-state index contributed by atoms with van der Waals surface area (Å²) >= 11 is 6.26. The summed E-state index contributed by atoms with van der Waals surface area (Å²) in [6.45, 7) is 0.565. The second-order valence-corrected chi connectivity index (χ2v) is 4.55. The van der Waals surface area contributed by atoms with E-state index in [1.54, 1.807) is 17.6 Å². The van der Waals surface area contributed by atoms with Crippen LogP contribution in [-0.2, 0) is 6.54 Å². The van der Waals surface area contributed by atoms with Gasteiger partial charge in [0.25, 0.3) is 0 Å². The Morgan fingerprint density at radius 1 is 1.53 bits per heavy atom. The minimum atomic E-state index is -0.416. The number of thiocarbonyl (C=S) groups is 1. The van der Waals surface area contributed by atoms with Gasteiger partial charge in [0, 0.05) is 16.6 Å². The number of nitrogens with two attached hydrogens (primary N) is 1. The Hall–Kier alpha value is -1.53. The molecular weight excluding hydrogens is 257 g/mol. The molecule has 0 aliphatic heterocycles. The zero-order valence-corrected chi connectivity index (χ0v) is 10.4. The van der Waals surface area contributed by atoms with Crippen molar-refractivity contribution in [2.24, 2.45) is 5.73 Å². The van der Waals surface area contributed by atoms with E-state index in [9.17, 15) is 4.39 Å². The summed E-state index contributed by atoms with van der Waals surface area (Å²) < 4.78 is 13.5. The van der Waals surface area contributed by atoms with Gasteiger partial charge in [0.1, 0.15) is 10.8 Å². The van der Waals surface area contributed by atoms with E-state index in [0.717, 1.165) is 5.69 Å². The van der Waals surface area contributed by atoms with Crippen molar-refractivity contribution in [1.29, 1.82) is 0 Å². The minimum absolute atomic E-state index is 0.0635. The first-order chi connectivity index (χ1) is 8.16. The fraction of sp³-hybridized carbons (Fsp3) is 0.0909. The van der Waals surface area contributed by atoms with Crippen molar-refractivity contribution in [2.75, 3.05) is 5.32 Å². The van der Waals surface area contributed by atoms with Crippen LogP contribution in [0.5, 0.6) is 0 Å². The SMILES string of the molecule is NC(=S)c1ccc(NCc2cscn2)cc1F. The summed E-state index contributed by atoms with van der Waals surface area (Å²) in [6, 6.07) is 4.69. The number of hydrogen-bond acceptors (Lipinski definition) is 4. The van der Waals surface area contributed by atoms with Crippen LogP contribution in [0.1, 0.15) is 11.3 Å². The number of nitrogens with one attached hydrogen (secondary N) is 1. The first kappa shape index (κ1) is 11.9. The van der Waals surface area contributed by atoms with Gasteiger partial charge in [0.05, 0.1) is 17.7 Å². The van der Waals surface area contributed by atoms with E-state index in [1.165, 1.54) is 17.4 Å². The molecule has 0 fully saturated rings. The molecule has 1 aromatic heterocycles. The van der Waals surface area contributed by atoms with Crippen LogP contribution in [0.3, 0.4) is 0 Å². The second kappa shape index (κ2) is 5.20. The van der Waals surface area contributed by atoms with Crippen LogP contribution in [0.15, 0.2) is 29.1 Å². The van der Waals surface area contributed by atoms with Gasteiger partial charge >= 0.3 is 0 Å². The average Bonchev–Trinajstić information content (AvgIpc) is 2.78. The lowest BCUT2D eigenvalue weighted by atomic mass is 10.2. The average molecular weight is 267 g/mol. The van der Waals surface area contributed by atoms with Crippen molar-refractivity contribution in [2.45, 2.75) is 6.54 Å². The topological polar surface area (TPSA) is 50.9 Å². The molecule has 2 aromatic rings. The summed E-state index contributed by atoms with van der Waals surface area (Å²) in [5.41, 5.74) is 9.00. The highest BCUT2D eigenvalue weighted by molar-refractivity contribution is 7.80. The Morgan fingerprint density at radius 2 is 2.35 bits per heavy atom. The van der Waals surface area contributed by atoms with Gasteiger partial charge in [-0.05, 0) is 18.2 Å². The van der Waals surface area contributed by atoms with Crippen LogP contribution in [-0.4, -0.2) is 9.97 Å². The van der Waals surface area contributed by atoms with Gasteiger partial charge in [-0.15, -0.1) is 11.3 Å². The molecule has 0 saturated heterocycles. The number of thiazole rings is 1. The van der Waals surface area contributed by atoms with Gasteiger partial charge in [0.15, 0.2) is 0 Å². The molecule has 0 saturated carbocycles. The van der Waals surface area contributed by atoms with Crippen LogP contribution >= 0.6 is 23.6 Å². The summed E-state index contributed by atoms with van der Waals surface area (Å²) in [5.74, 6) is -0.416. The zero-order chi connectivity index (χ0) is 12.3. The lowest BCUT2D eigenvalue weighted by molar-refractivity contribution is 0.626. The summed E-state index contributed by atoms with van der Waals surface area (Å²) in [5, 5.41) is 5.01. The highest BCUT2D eigenvalue weighted by atomic mass is 32.1. The molecule has 3 N–H and O–H groups in total. The molecule has 1 aromatic carbocycles. The molecule has 0 amide bonds. The molecule has 3 nitrogen and oxygen atoms in total. The number of halogens is 1. The lowest BCUT2D eigenvalue weighted by Gasteiger charge is -2.06. The molecule has 0 spiro atoms. The minimum Gasteiger partial charge on any atom is -0.389 e. The van der Waals surface area contributed by atoms with Crippen molar-refractivity contribution in [1.82, 2.24) is 4.98 Å². The summed E-state index contributed by atoms with van der Waals surface area (Å²) in [4.78, 5) is 4.18. The van der Waals surface area contributed by atoms with E-state index in [2.05, 4.69) is 10.3 Å². The monoisotopic (exact) mass is 267 g/mol. The number of benzene rings is 1. The molecule has 6 heteroatoms. The van der Waals surface area contributed by atoms with Gasteiger partial charge in [-0.3, -0.25) is 0 Å². The van der Waals surface area contributed by atoms with Crippen molar-refractivity contribution < 1.29 is 4.39 Å². The molecule has 2 rings (SSSR count). The second-order valence-electron chi connectivity index (χ2n) is 3.39. The standard InChI is InChI=1S/C11H10FN3S2/c12-10-3-7(1-2-9(10)11(13)16)14-4-8-5-17-6-15-8/h1-3,5-6,14H,4H2,(H2,13,16). The fourth-order valence-corrected chi connectivity index (χ4v) is 2.07. The normalized spacial score (nSPS) is 10.2. The van der Waals surface area contributed by atoms with Crippen molar-refractivity contribution in [3.05, 3.63) is 46.2 Å². The smallest absolute Gasteiger partial charge is 0.135 e. The van der Waals surface area contributed by atoms with Gasteiger partial charge in [-0.1, -0.05) is 12.2 Å². The van der Waals surface area contributed by atoms with E-state index in [1.807, 2.05) is 5.38 Å². The number of hydrogen-bond donors (Lipinski definition) is 2. The van der Waals surface area contributed by atoms with Crippen LogP contribution in [0.2, 0.25) is 0 Å². The summed E-state index contributed by atoms with van der Waals surface area (Å²) in [6.07, 6.45) is 0. The third kappa shape index (κ3) is 2.98. The van der Waals surface area contributed by atoms with Gasteiger partial charge < -0.3 is 11.1 Å². The molecular formula is C11H10FN3S2. The maximum atomic E-state index is 13.5. The van der Waals surface area contributed by atoms with Crippen LogP contribution < -0.4 is 11.1 Å². The van der Waals surface area contributed by atoms with E-state index in [4.69, 9.17) is 18.0 Å². The lowest BCUT2D eigenvalue weighted by Crippen LogP contribution is -2.12. The quantitative estimate of drug-likeness (QED) is 0.836. The van der Waals surface area contributed by atoms with Crippen molar-refractivity contribution in [3.63, 3.8) is 0 Å². The molecule has 0 atom stereocenters. The first-order valence-electron chi connectivity index (χ1n) is 4.87. The molecule has 1 heterocycles. The third-order valence-corrected chi connectivity index (χ3v) is 3.05. The largest absolute Gasteiger partial charge is 0.389 e. The molecule has 0 aliphatic carbocycles. The maximum Gasteiger partial charge on any atom is 0.135 e. The number of anilines is 1. The molecule has 0 bridgehead atoms. The predicted octanol–water partition coefficient (Wildman–Crippen LogP) is 2.53. The van der Waals surface area contributed by atoms with Crippen LogP contribution in [0.25, 0.3) is 0 Å². The van der Waals surface area contributed by atoms with E-state index in [0.29, 0.717) is 12.2 Å². The first-order valence-corrected chi connectivity index (χ1v) is 6.22. The Bertz CT molecular complexity index is 526. The number of nitrogens with zero attached hydrogens (tertiary/aromatic N) is 1. The van der Waals surface area contributed by atoms with Gasteiger partial charge in [-0.25, -0.2) is 9.37 Å². The Balaban J connectivity index is 2.07. The Labute approximate surface area is 107 Å². The van der Waals surface area contributed by atoms with Gasteiger partial charge in [-0.2, -0.15) is 0 Å². The third-order valence-electron chi connectivity index (χ3n) is 2.19. The Morgan fingerprint density at radius 3 is 2.94 bits per heavy atom. The highest BCUT2D eigenvalue weighted by Gasteiger charge is 2.05. The van der Waals surface area contributed by atoms with Gasteiger partial charge in [0.2, 0.25) is 0 Å². The molecule has 0 aliphatic rings. The maximum absolute atomic E-state index is 13.5. The van der Waals surface area contributed by atoms with E-state index >= 15 is 0 Å². The van der Waals surface area contributed by atoms with Crippen molar-refractivity contribution in [3.8, 4) is 0 Å². The predicted molar refractivity (Wildman–Crippen MR) is 71.7 cm³/mol. The van der Waals surface area contributed by atoms with E-state index < -0.39 is 5.82 Å². The molecule has 88 valence electrons. The molecule has 17 heavy (non-hydrogen) atoms. The fourth-order valence-electron chi connectivity index (χ4n) is 1.34. The van der Waals surface area contributed by atoms with Crippen LogP contribution in [0.4, 0.5) is 10.1 Å². The zero-order valence-electron chi connectivity index (χ0n) is 8.81. The summed E-state index contributed by atoms with van der Waals surface area (Å²) in [7, 11) is 0.